The van der Waals surface area contributed by atoms with Gasteiger partial charge in [0.05, 0.1) is 17.6 Å². The third-order valence-corrected chi connectivity index (χ3v) is 4.86. The van der Waals surface area contributed by atoms with E-state index in [1.54, 1.807) is 13.0 Å². The molecule has 29 heavy (non-hydrogen) atoms. The number of nitrogens with zero attached hydrogens (tertiary/aromatic N) is 3. The molecule has 0 saturated heterocycles. The van der Waals surface area contributed by atoms with Gasteiger partial charge < -0.3 is 24.7 Å². The summed E-state index contributed by atoms with van der Waals surface area (Å²) in [4.78, 5) is 9.15. The molecule has 3 N–H and O–H groups in total. The van der Waals surface area contributed by atoms with Crippen molar-refractivity contribution in [1.29, 1.82) is 0 Å². The number of furan rings is 1. The fourth-order valence-electron chi connectivity index (χ4n) is 3.30. The highest BCUT2D eigenvalue weighted by Gasteiger charge is 2.26. The largest absolute Gasteiger partial charge is 0.463 e. The van der Waals surface area contributed by atoms with Crippen LogP contribution in [0.2, 0.25) is 0 Å². The first-order valence-corrected chi connectivity index (χ1v) is 10.1. The van der Waals surface area contributed by atoms with Gasteiger partial charge in [-0.25, -0.2) is 9.98 Å². The molecule has 0 aliphatic rings. The Kier molecular flexibility index (Phi) is 6.59. The lowest BCUT2D eigenvalue weighted by Gasteiger charge is -2.19. The van der Waals surface area contributed by atoms with E-state index in [0.29, 0.717) is 11.7 Å². The number of hydrogen-bond acceptors (Lipinski definition) is 4. The van der Waals surface area contributed by atoms with Gasteiger partial charge in [0.2, 0.25) is 0 Å². The van der Waals surface area contributed by atoms with E-state index in [1.165, 1.54) is 0 Å². The second-order valence-electron chi connectivity index (χ2n) is 7.46. The van der Waals surface area contributed by atoms with Crippen molar-refractivity contribution in [2.75, 3.05) is 19.6 Å². The Morgan fingerprint density at radius 1 is 1.21 bits per heavy atom. The average Bonchev–Trinajstić information content (AvgIpc) is 3.26. The molecule has 2 aromatic heterocycles. The van der Waals surface area contributed by atoms with Crippen molar-refractivity contribution >= 4 is 17.0 Å². The number of aromatic nitrogens is 2. The van der Waals surface area contributed by atoms with E-state index in [4.69, 9.17) is 4.42 Å². The molecular weight excluding hydrogens is 366 g/mol. The molecule has 156 valence electrons. The highest BCUT2D eigenvalue weighted by atomic mass is 16.4. The van der Waals surface area contributed by atoms with Crippen LogP contribution in [-0.2, 0) is 12.1 Å². The molecule has 0 aliphatic carbocycles. The maximum Gasteiger partial charge on any atom is 0.191 e. The van der Waals surface area contributed by atoms with Crippen molar-refractivity contribution in [3.05, 3.63) is 53.7 Å². The van der Waals surface area contributed by atoms with Crippen LogP contribution in [-0.4, -0.2) is 40.3 Å². The van der Waals surface area contributed by atoms with E-state index in [9.17, 15) is 5.11 Å². The summed E-state index contributed by atoms with van der Waals surface area (Å²) < 4.78 is 7.80. The minimum Gasteiger partial charge on any atom is -0.463 e. The van der Waals surface area contributed by atoms with Gasteiger partial charge in [-0.2, -0.15) is 0 Å². The Morgan fingerprint density at radius 2 is 2.00 bits per heavy atom. The van der Waals surface area contributed by atoms with Crippen molar-refractivity contribution in [3.8, 4) is 0 Å². The predicted molar refractivity (Wildman–Crippen MR) is 116 cm³/mol. The van der Waals surface area contributed by atoms with Gasteiger partial charge in [-0.15, -0.1) is 0 Å². The Labute approximate surface area is 171 Å². The molecule has 3 aromatic rings. The molecule has 0 bridgehead atoms. The number of para-hydroxylation sites is 2. The smallest absolute Gasteiger partial charge is 0.191 e. The number of aliphatic imine (C=N–C) groups is 1. The van der Waals surface area contributed by atoms with Crippen LogP contribution in [0, 0.1) is 13.8 Å². The standard InChI is InChI=1S/C22H31N5O2/c1-5-23-21(25-15-22(4,28)20-12-11-16(2)29-20)24-13-8-14-27-17(3)26-18-9-6-7-10-19(18)27/h6-7,9-12,28H,5,8,13-15H2,1-4H3,(H2,23,24,25). The molecule has 0 aliphatic heterocycles. The van der Waals surface area contributed by atoms with Crippen molar-refractivity contribution in [2.24, 2.45) is 4.99 Å². The Bertz CT molecular complexity index is 971. The minimum absolute atomic E-state index is 0.209. The van der Waals surface area contributed by atoms with Crippen molar-refractivity contribution in [2.45, 2.75) is 46.3 Å². The van der Waals surface area contributed by atoms with E-state index in [2.05, 4.69) is 31.2 Å². The summed E-state index contributed by atoms with van der Waals surface area (Å²) in [5.74, 6) is 3.01. The zero-order valence-corrected chi connectivity index (χ0v) is 17.7. The van der Waals surface area contributed by atoms with Crippen LogP contribution >= 0.6 is 0 Å². The third-order valence-electron chi connectivity index (χ3n) is 4.86. The predicted octanol–water partition coefficient (Wildman–Crippen LogP) is 3.10. The lowest BCUT2D eigenvalue weighted by atomic mass is 10.0. The van der Waals surface area contributed by atoms with Gasteiger partial charge in [0.1, 0.15) is 22.9 Å². The van der Waals surface area contributed by atoms with E-state index in [0.717, 1.165) is 48.7 Å². The quantitative estimate of drug-likeness (QED) is 0.309. The molecule has 0 amide bonds. The van der Waals surface area contributed by atoms with E-state index >= 15 is 0 Å². The highest BCUT2D eigenvalue weighted by Crippen LogP contribution is 2.23. The van der Waals surface area contributed by atoms with Crippen molar-refractivity contribution in [3.63, 3.8) is 0 Å². The number of imidazole rings is 1. The molecule has 0 saturated carbocycles. The number of aryl methyl sites for hydroxylation is 3. The van der Waals surface area contributed by atoms with Gasteiger partial charge in [0, 0.05) is 19.6 Å². The van der Waals surface area contributed by atoms with Crippen molar-refractivity contribution in [1.82, 2.24) is 20.2 Å². The monoisotopic (exact) mass is 397 g/mol. The van der Waals surface area contributed by atoms with E-state index < -0.39 is 5.60 Å². The van der Waals surface area contributed by atoms with Gasteiger partial charge in [-0.3, -0.25) is 0 Å². The van der Waals surface area contributed by atoms with Crippen LogP contribution < -0.4 is 10.6 Å². The fraction of sp³-hybridized carbons (Fsp3) is 0.455. The summed E-state index contributed by atoms with van der Waals surface area (Å²) in [5.41, 5.74) is 1.04. The van der Waals surface area contributed by atoms with E-state index in [1.807, 2.05) is 45.0 Å². The Balaban J connectivity index is 1.56. The SMILES string of the molecule is CCNC(=NCC(C)(O)c1ccc(C)o1)NCCCn1c(C)nc2ccccc21. The molecule has 7 nitrogen and oxygen atoms in total. The lowest BCUT2D eigenvalue weighted by molar-refractivity contribution is 0.0428. The average molecular weight is 398 g/mol. The fourth-order valence-corrected chi connectivity index (χ4v) is 3.30. The van der Waals surface area contributed by atoms with Gasteiger partial charge in [0.15, 0.2) is 5.96 Å². The number of rotatable bonds is 8. The maximum atomic E-state index is 10.7. The molecule has 3 rings (SSSR count). The van der Waals surface area contributed by atoms with Gasteiger partial charge >= 0.3 is 0 Å². The Hall–Kier alpha value is -2.80. The highest BCUT2D eigenvalue weighted by molar-refractivity contribution is 5.79. The van der Waals surface area contributed by atoms with Gasteiger partial charge in [-0.05, 0) is 58.4 Å². The second kappa shape index (κ2) is 9.13. The minimum atomic E-state index is -1.15. The summed E-state index contributed by atoms with van der Waals surface area (Å²) in [6, 6.07) is 11.8. The summed E-state index contributed by atoms with van der Waals surface area (Å²) in [7, 11) is 0. The normalized spacial score (nSPS) is 14.2. The van der Waals surface area contributed by atoms with Crippen LogP contribution in [0.15, 0.2) is 45.8 Å². The number of aliphatic hydroxyl groups is 1. The van der Waals surface area contributed by atoms with Crippen LogP contribution in [0.3, 0.4) is 0 Å². The molecule has 1 unspecified atom stereocenters. The molecular formula is C22H31N5O2. The van der Waals surface area contributed by atoms with E-state index in [-0.39, 0.29) is 6.54 Å². The second-order valence-corrected chi connectivity index (χ2v) is 7.46. The van der Waals surface area contributed by atoms with Crippen LogP contribution in [0.4, 0.5) is 0 Å². The first-order chi connectivity index (χ1) is 13.9. The molecule has 1 atom stereocenters. The number of benzene rings is 1. The number of guanidine groups is 1. The molecule has 2 heterocycles. The number of fused-ring (bicyclic) bond motifs is 1. The van der Waals surface area contributed by atoms with Crippen LogP contribution in [0.5, 0.6) is 0 Å². The first-order valence-electron chi connectivity index (χ1n) is 10.1. The molecule has 7 heteroatoms. The zero-order chi connectivity index (χ0) is 20.9. The van der Waals surface area contributed by atoms with Crippen LogP contribution in [0.1, 0.15) is 37.6 Å². The molecule has 0 spiro atoms. The van der Waals surface area contributed by atoms with Crippen molar-refractivity contribution < 1.29 is 9.52 Å². The number of hydrogen-bond donors (Lipinski definition) is 3. The molecule has 1 aromatic carbocycles. The van der Waals surface area contributed by atoms with Crippen LogP contribution in [0.25, 0.3) is 11.0 Å². The van der Waals surface area contributed by atoms with Gasteiger partial charge in [0.25, 0.3) is 0 Å². The summed E-state index contributed by atoms with van der Waals surface area (Å²) in [5, 5.41) is 17.2. The Morgan fingerprint density at radius 3 is 2.72 bits per heavy atom. The topological polar surface area (TPSA) is 87.6 Å². The zero-order valence-electron chi connectivity index (χ0n) is 17.7. The summed E-state index contributed by atoms with van der Waals surface area (Å²) >= 11 is 0. The summed E-state index contributed by atoms with van der Waals surface area (Å²) in [6.45, 7) is 10.2. The molecule has 0 radical (unpaired) electrons. The lowest BCUT2D eigenvalue weighted by Crippen LogP contribution is -2.39. The molecule has 0 fully saturated rings. The first kappa shape index (κ1) is 20.9. The number of nitrogens with one attached hydrogen (secondary N) is 2. The maximum absolute atomic E-state index is 10.7. The third kappa shape index (κ3) is 5.17. The van der Waals surface area contributed by atoms with Gasteiger partial charge in [-0.1, -0.05) is 12.1 Å². The summed E-state index contributed by atoms with van der Waals surface area (Å²) in [6.07, 6.45) is 0.930.